The number of benzene rings is 4. The lowest BCUT2D eigenvalue weighted by molar-refractivity contribution is 0.284. The van der Waals surface area contributed by atoms with E-state index in [1.165, 1.54) is 0 Å². The van der Waals surface area contributed by atoms with Crippen LogP contribution in [0.4, 0.5) is 5.69 Å². The van der Waals surface area contributed by atoms with E-state index < -0.39 is 0 Å². The Labute approximate surface area is 192 Å². The minimum atomic E-state index is -0.126. The van der Waals surface area contributed by atoms with Gasteiger partial charge in [0.1, 0.15) is 18.6 Å². The van der Waals surface area contributed by atoms with E-state index >= 15 is 0 Å². The lowest BCUT2D eigenvalue weighted by atomic mass is 10.1. The highest BCUT2D eigenvalue weighted by molar-refractivity contribution is 5.86. The van der Waals surface area contributed by atoms with Gasteiger partial charge in [0.2, 0.25) is 0 Å². The first kappa shape index (κ1) is 19.4. The van der Waals surface area contributed by atoms with Crippen LogP contribution in [0.25, 0.3) is 22.4 Å². The van der Waals surface area contributed by atoms with Gasteiger partial charge in [-0.1, -0.05) is 60.7 Å². The monoisotopic (exact) mass is 433 g/mol. The normalized spacial score (nSPS) is 14.3. The summed E-state index contributed by atoms with van der Waals surface area (Å²) in [7, 11) is 1.68. The smallest absolute Gasteiger partial charge is 0.161 e. The molecule has 1 aliphatic rings. The molecule has 1 aliphatic heterocycles. The predicted molar refractivity (Wildman–Crippen MR) is 131 cm³/mol. The zero-order chi connectivity index (χ0) is 22.2. The third-order valence-electron chi connectivity index (χ3n) is 6.05. The molecule has 4 aromatic carbocycles. The maximum atomic E-state index is 6.07. The van der Waals surface area contributed by atoms with Gasteiger partial charge in [0.15, 0.2) is 11.5 Å². The molecule has 0 aliphatic carbocycles. The number of fused-ring (bicyclic) bond motifs is 5. The van der Waals surface area contributed by atoms with Gasteiger partial charge < -0.3 is 14.8 Å². The molecule has 5 heteroatoms. The number of para-hydroxylation sites is 3. The molecule has 0 fully saturated rings. The topological polar surface area (TPSA) is 48.3 Å². The van der Waals surface area contributed by atoms with Crippen LogP contribution in [0.5, 0.6) is 11.5 Å². The molecule has 5 aromatic rings. The zero-order valence-electron chi connectivity index (χ0n) is 18.2. The molecule has 2 heterocycles. The van der Waals surface area contributed by atoms with Crippen molar-refractivity contribution in [3.05, 3.63) is 108 Å². The molecule has 1 N–H and O–H groups in total. The maximum absolute atomic E-state index is 6.07. The van der Waals surface area contributed by atoms with Gasteiger partial charge in [-0.3, -0.25) is 4.57 Å². The fraction of sp³-hybridized carbons (Fsp3) is 0.107. The number of hydrogen-bond acceptors (Lipinski definition) is 4. The Balaban J connectivity index is 1.41. The molecule has 5 nitrogen and oxygen atoms in total. The Bertz CT molecular complexity index is 1440. The fourth-order valence-electron chi connectivity index (χ4n) is 4.45. The van der Waals surface area contributed by atoms with Gasteiger partial charge in [-0.15, -0.1) is 0 Å². The van der Waals surface area contributed by atoms with Crippen LogP contribution in [0.1, 0.15) is 17.3 Å². The fourth-order valence-corrected chi connectivity index (χ4v) is 4.45. The van der Waals surface area contributed by atoms with E-state index in [2.05, 4.69) is 58.4 Å². The summed E-state index contributed by atoms with van der Waals surface area (Å²) in [4.78, 5) is 4.96. The number of anilines is 1. The Kier molecular flexibility index (Phi) is 4.73. The lowest BCUT2D eigenvalue weighted by Crippen LogP contribution is -2.24. The first-order chi connectivity index (χ1) is 16.3. The van der Waals surface area contributed by atoms with E-state index in [9.17, 15) is 0 Å². The molecule has 0 unspecified atom stereocenters. The molecule has 0 amide bonds. The molecule has 6 rings (SSSR count). The van der Waals surface area contributed by atoms with E-state index in [1.807, 2.05) is 48.5 Å². The van der Waals surface area contributed by atoms with E-state index in [4.69, 9.17) is 14.5 Å². The van der Waals surface area contributed by atoms with Crippen LogP contribution >= 0.6 is 0 Å². The van der Waals surface area contributed by atoms with Crippen molar-refractivity contribution in [2.75, 3.05) is 12.4 Å². The molecular weight excluding hydrogens is 410 g/mol. The lowest BCUT2D eigenvalue weighted by Gasteiger charge is -2.30. The van der Waals surface area contributed by atoms with Crippen molar-refractivity contribution in [3.63, 3.8) is 0 Å². The average Bonchev–Trinajstić information content (AvgIpc) is 3.27. The molecule has 0 bridgehead atoms. The quantitative estimate of drug-likeness (QED) is 0.355. The van der Waals surface area contributed by atoms with Crippen molar-refractivity contribution >= 4 is 16.7 Å². The van der Waals surface area contributed by atoms with E-state index in [0.29, 0.717) is 12.4 Å². The number of imidazole rings is 1. The molecule has 1 aromatic heterocycles. The minimum absolute atomic E-state index is 0.126. The largest absolute Gasteiger partial charge is 0.493 e. The summed E-state index contributed by atoms with van der Waals surface area (Å²) in [5, 5.41) is 3.70. The predicted octanol–water partition coefficient (Wildman–Crippen LogP) is 6.26. The van der Waals surface area contributed by atoms with Gasteiger partial charge in [-0.05, 0) is 47.5 Å². The van der Waals surface area contributed by atoms with Crippen LogP contribution in [0.3, 0.4) is 0 Å². The van der Waals surface area contributed by atoms with Gasteiger partial charge in [-0.2, -0.15) is 0 Å². The average molecular weight is 434 g/mol. The second-order valence-corrected chi connectivity index (χ2v) is 8.07. The van der Waals surface area contributed by atoms with Crippen LogP contribution < -0.4 is 14.8 Å². The van der Waals surface area contributed by atoms with E-state index in [0.717, 1.165) is 45.0 Å². The molecule has 0 spiro atoms. The zero-order valence-corrected chi connectivity index (χ0v) is 18.2. The van der Waals surface area contributed by atoms with Crippen molar-refractivity contribution in [3.8, 4) is 22.9 Å². The first-order valence-electron chi connectivity index (χ1n) is 11.0. The third kappa shape index (κ3) is 3.38. The summed E-state index contributed by atoms with van der Waals surface area (Å²) in [6, 6.07) is 32.8. The van der Waals surface area contributed by atoms with Gasteiger partial charge in [0.05, 0.1) is 18.1 Å². The summed E-state index contributed by atoms with van der Waals surface area (Å²) in [6.45, 7) is 0.488. The highest BCUT2D eigenvalue weighted by Crippen LogP contribution is 2.42. The maximum Gasteiger partial charge on any atom is 0.161 e. The molecule has 0 saturated heterocycles. The standard InChI is InChI=1S/C28H23N3O2/c1-32-26-17-20(15-16-25(26)33-18-19-9-3-2-4-10-19)27-29-22-12-6-5-11-21(22)28-30-23-13-7-8-14-24(23)31(27)28/h2-17,27,29H,18H2,1H3/t27-/m1/s1. The number of rotatable bonds is 5. The molecule has 0 radical (unpaired) electrons. The summed E-state index contributed by atoms with van der Waals surface area (Å²) in [6.07, 6.45) is -0.126. The molecule has 162 valence electrons. The van der Waals surface area contributed by atoms with Crippen LogP contribution in [-0.2, 0) is 6.61 Å². The van der Waals surface area contributed by atoms with Crippen molar-refractivity contribution in [2.24, 2.45) is 0 Å². The van der Waals surface area contributed by atoms with E-state index in [1.54, 1.807) is 7.11 Å². The SMILES string of the molecule is COc1cc([C@@H]2Nc3ccccc3-c3nc4ccccc4n32)ccc1OCc1ccccc1. The summed E-state index contributed by atoms with van der Waals surface area (Å²) in [5.74, 6) is 2.38. The number of ether oxygens (including phenoxy) is 2. The van der Waals surface area contributed by atoms with Crippen LogP contribution in [0, 0.1) is 0 Å². The molecular formula is C28H23N3O2. The number of nitrogens with one attached hydrogen (secondary N) is 1. The second kappa shape index (κ2) is 8.02. The minimum Gasteiger partial charge on any atom is -0.493 e. The van der Waals surface area contributed by atoms with Crippen molar-refractivity contribution in [1.29, 1.82) is 0 Å². The van der Waals surface area contributed by atoms with Gasteiger partial charge in [0, 0.05) is 11.3 Å². The first-order valence-corrected chi connectivity index (χ1v) is 11.0. The van der Waals surface area contributed by atoms with Gasteiger partial charge in [0.25, 0.3) is 0 Å². The number of aromatic nitrogens is 2. The Hall–Kier alpha value is -4.25. The number of hydrogen-bond donors (Lipinski definition) is 1. The van der Waals surface area contributed by atoms with Crippen molar-refractivity contribution in [2.45, 2.75) is 12.8 Å². The number of methoxy groups -OCH3 is 1. The Morgan fingerprint density at radius 3 is 2.52 bits per heavy atom. The van der Waals surface area contributed by atoms with Gasteiger partial charge >= 0.3 is 0 Å². The molecule has 33 heavy (non-hydrogen) atoms. The van der Waals surface area contributed by atoms with Crippen molar-refractivity contribution < 1.29 is 9.47 Å². The summed E-state index contributed by atoms with van der Waals surface area (Å²) >= 11 is 0. The third-order valence-corrected chi connectivity index (χ3v) is 6.05. The van der Waals surface area contributed by atoms with Gasteiger partial charge in [-0.25, -0.2) is 4.98 Å². The highest BCUT2D eigenvalue weighted by atomic mass is 16.5. The number of nitrogens with zero attached hydrogens (tertiary/aromatic N) is 2. The second-order valence-electron chi connectivity index (χ2n) is 8.07. The summed E-state index contributed by atoms with van der Waals surface area (Å²) < 4.78 is 14.0. The Morgan fingerprint density at radius 1 is 0.848 bits per heavy atom. The molecule has 0 saturated carbocycles. The Morgan fingerprint density at radius 2 is 1.64 bits per heavy atom. The summed E-state index contributed by atoms with van der Waals surface area (Å²) in [5.41, 5.74) is 6.41. The van der Waals surface area contributed by atoms with E-state index in [-0.39, 0.29) is 6.17 Å². The van der Waals surface area contributed by atoms with Crippen molar-refractivity contribution in [1.82, 2.24) is 9.55 Å². The highest BCUT2D eigenvalue weighted by Gasteiger charge is 2.28. The van der Waals surface area contributed by atoms with Crippen LogP contribution in [0.2, 0.25) is 0 Å². The van der Waals surface area contributed by atoms with Crippen LogP contribution in [0.15, 0.2) is 97.1 Å². The van der Waals surface area contributed by atoms with Crippen LogP contribution in [-0.4, -0.2) is 16.7 Å². The molecule has 1 atom stereocenters.